The molecular formula is C10H12F2. The van der Waals surface area contributed by atoms with E-state index in [2.05, 4.69) is 0 Å². The summed E-state index contributed by atoms with van der Waals surface area (Å²) in [5.41, 5.74) is 0. The summed E-state index contributed by atoms with van der Waals surface area (Å²) in [6.45, 7) is 3.97. The minimum absolute atomic E-state index is 0.176. The van der Waals surface area contributed by atoms with Crippen molar-refractivity contribution in [3.63, 3.8) is 0 Å². The van der Waals surface area contributed by atoms with Crippen LogP contribution in [-0.2, 0) is 0 Å². The van der Waals surface area contributed by atoms with Crippen molar-refractivity contribution < 1.29 is 8.78 Å². The van der Waals surface area contributed by atoms with Gasteiger partial charge in [-0.05, 0) is 23.8 Å². The summed E-state index contributed by atoms with van der Waals surface area (Å²) in [4.78, 5) is 0. The summed E-state index contributed by atoms with van der Waals surface area (Å²) in [5.74, 6) is -0.480. The number of allylic oxidation sites excluding steroid dienone is 4. The molecule has 0 aromatic carbocycles. The van der Waals surface area contributed by atoms with Crippen molar-refractivity contribution in [1.82, 2.24) is 0 Å². The van der Waals surface area contributed by atoms with Crippen LogP contribution in [0.15, 0.2) is 23.8 Å². The highest BCUT2D eigenvalue weighted by molar-refractivity contribution is 5.28. The normalized spacial score (nSPS) is 45.7. The Kier molecular flexibility index (Phi) is 1.60. The molecule has 2 atom stereocenters. The van der Waals surface area contributed by atoms with Crippen LogP contribution >= 0.6 is 0 Å². The van der Waals surface area contributed by atoms with Crippen LogP contribution in [0.3, 0.4) is 0 Å². The molecule has 0 aliphatic heterocycles. The molecule has 2 bridgehead atoms. The second kappa shape index (κ2) is 2.41. The maximum atomic E-state index is 13.2. The topological polar surface area (TPSA) is 0 Å². The third-order valence-corrected chi connectivity index (χ3v) is 3.33. The zero-order valence-electron chi connectivity index (χ0n) is 7.22. The highest BCUT2D eigenvalue weighted by atomic mass is 19.2. The van der Waals surface area contributed by atoms with Crippen LogP contribution in [0.4, 0.5) is 8.78 Å². The lowest BCUT2D eigenvalue weighted by molar-refractivity contribution is 0.0493. The molecule has 0 N–H and O–H groups in total. The molecule has 0 aromatic heterocycles. The first kappa shape index (κ1) is 7.96. The SMILES string of the molecule is CC1C2C=CC(F)=C(F)C1C2C. The Bertz CT molecular complexity index is 255. The summed E-state index contributed by atoms with van der Waals surface area (Å²) in [6, 6.07) is 0. The molecule has 0 radical (unpaired) electrons. The number of hydrogen-bond acceptors (Lipinski definition) is 0. The minimum Gasteiger partial charge on any atom is -0.208 e. The van der Waals surface area contributed by atoms with Gasteiger partial charge in [0.15, 0.2) is 5.83 Å². The zero-order chi connectivity index (χ0) is 8.88. The van der Waals surface area contributed by atoms with E-state index in [1.54, 1.807) is 6.08 Å². The lowest BCUT2D eigenvalue weighted by Gasteiger charge is -2.46. The molecule has 3 rings (SSSR count). The van der Waals surface area contributed by atoms with E-state index in [1.807, 2.05) is 13.8 Å². The van der Waals surface area contributed by atoms with E-state index in [9.17, 15) is 8.78 Å². The van der Waals surface area contributed by atoms with Crippen molar-refractivity contribution in [2.75, 3.05) is 0 Å². The van der Waals surface area contributed by atoms with Gasteiger partial charge in [-0.1, -0.05) is 19.9 Å². The molecule has 1 fully saturated rings. The van der Waals surface area contributed by atoms with Crippen LogP contribution in [0.25, 0.3) is 0 Å². The van der Waals surface area contributed by atoms with E-state index in [1.165, 1.54) is 6.08 Å². The molecule has 0 heterocycles. The van der Waals surface area contributed by atoms with Crippen molar-refractivity contribution in [3.8, 4) is 0 Å². The van der Waals surface area contributed by atoms with Gasteiger partial charge < -0.3 is 0 Å². The summed E-state index contributed by atoms with van der Waals surface area (Å²) in [7, 11) is 0. The van der Waals surface area contributed by atoms with Gasteiger partial charge in [-0.15, -0.1) is 0 Å². The zero-order valence-corrected chi connectivity index (χ0v) is 7.22. The molecule has 0 aromatic rings. The maximum Gasteiger partial charge on any atom is 0.154 e. The van der Waals surface area contributed by atoms with Gasteiger partial charge in [0.25, 0.3) is 0 Å². The molecule has 0 spiro atoms. The first-order valence-electron chi connectivity index (χ1n) is 4.36. The Balaban J connectivity index is 2.39. The highest BCUT2D eigenvalue weighted by Crippen LogP contribution is 2.53. The van der Waals surface area contributed by atoms with Gasteiger partial charge in [0.2, 0.25) is 0 Å². The molecule has 2 heteroatoms. The van der Waals surface area contributed by atoms with E-state index >= 15 is 0 Å². The van der Waals surface area contributed by atoms with E-state index in [0.717, 1.165) is 0 Å². The first-order valence-corrected chi connectivity index (χ1v) is 4.36. The number of hydrogen-bond donors (Lipinski definition) is 0. The highest BCUT2D eigenvalue weighted by Gasteiger charge is 2.48. The third kappa shape index (κ3) is 0.809. The number of fused-ring (bicyclic) bond motifs is 1. The van der Waals surface area contributed by atoms with Crippen LogP contribution in [0.5, 0.6) is 0 Å². The van der Waals surface area contributed by atoms with Gasteiger partial charge in [-0.2, -0.15) is 0 Å². The van der Waals surface area contributed by atoms with Crippen LogP contribution in [0.2, 0.25) is 0 Å². The molecule has 66 valence electrons. The average Bonchev–Trinajstić information content (AvgIpc) is 2.20. The van der Waals surface area contributed by atoms with Crippen LogP contribution in [-0.4, -0.2) is 0 Å². The fraction of sp³-hybridized carbons (Fsp3) is 0.600. The Hall–Kier alpha value is -0.660. The Morgan fingerprint density at radius 1 is 1.17 bits per heavy atom. The van der Waals surface area contributed by atoms with Crippen LogP contribution in [0.1, 0.15) is 13.8 Å². The van der Waals surface area contributed by atoms with Crippen molar-refractivity contribution in [2.24, 2.45) is 23.7 Å². The van der Waals surface area contributed by atoms with Crippen LogP contribution < -0.4 is 0 Å². The van der Waals surface area contributed by atoms with Gasteiger partial charge in [0.1, 0.15) is 5.83 Å². The molecule has 3 aliphatic carbocycles. The molecule has 0 saturated heterocycles. The maximum absolute atomic E-state index is 13.2. The first-order chi connectivity index (χ1) is 5.63. The summed E-state index contributed by atoms with van der Waals surface area (Å²) < 4.78 is 26.1. The second-order valence-corrected chi connectivity index (χ2v) is 3.88. The molecule has 2 unspecified atom stereocenters. The largest absolute Gasteiger partial charge is 0.208 e. The summed E-state index contributed by atoms with van der Waals surface area (Å²) >= 11 is 0. The predicted molar refractivity (Wildman–Crippen MR) is 43.7 cm³/mol. The van der Waals surface area contributed by atoms with Crippen LogP contribution in [0, 0.1) is 23.7 Å². The van der Waals surface area contributed by atoms with E-state index < -0.39 is 11.7 Å². The molecule has 1 saturated carbocycles. The van der Waals surface area contributed by atoms with E-state index in [4.69, 9.17) is 0 Å². The Labute approximate surface area is 71.0 Å². The molecule has 3 aliphatic rings. The lowest BCUT2D eigenvalue weighted by atomic mass is 9.58. The quantitative estimate of drug-likeness (QED) is 0.523. The fourth-order valence-electron chi connectivity index (χ4n) is 2.54. The van der Waals surface area contributed by atoms with Gasteiger partial charge >= 0.3 is 0 Å². The fourth-order valence-corrected chi connectivity index (χ4v) is 2.54. The molecule has 12 heavy (non-hydrogen) atoms. The Morgan fingerprint density at radius 3 is 2.33 bits per heavy atom. The van der Waals surface area contributed by atoms with Gasteiger partial charge in [0.05, 0.1) is 0 Å². The monoisotopic (exact) mass is 170 g/mol. The molecular weight excluding hydrogens is 158 g/mol. The van der Waals surface area contributed by atoms with Gasteiger partial charge in [-0.3, -0.25) is 0 Å². The standard InChI is InChI=1S/C10H12F2/c1-5-7-3-4-8(11)10(12)9(5)6(7)2/h3-7,9H,1-2H3. The number of rotatable bonds is 0. The van der Waals surface area contributed by atoms with Crippen molar-refractivity contribution >= 4 is 0 Å². The van der Waals surface area contributed by atoms with Gasteiger partial charge in [-0.25, -0.2) is 8.78 Å². The van der Waals surface area contributed by atoms with Crippen molar-refractivity contribution in [3.05, 3.63) is 23.8 Å². The van der Waals surface area contributed by atoms with Crippen molar-refractivity contribution in [1.29, 1.82) is 0 Å². The Morgan fingerprint density at radius 2 is 1.75 bits per heavy atom. The average molecular weight is 170 g/mol. The summed E-state index contributed by atoms with van der Waals surface area (Å²) in [6.07, 6.45) is 3.08. The minimum atomic E-state index is -0.668. The van der Waals surface area contributed by atoms with E-state index in [0.29, 0.717) is 5.92 Å². The third-order valence-electron chi connectivity index (χ3n) is 3.33. The lowest BCUT2D eigenvalue weighted by Crippen LogP contribution is -2.42. The number of halogens is 2. The predicted octanol–water partition coefficient (Wildman–Crippen LogP) is 3.23. The molecule has 0 amide bonds. The van der Waals surface area contributed by atoms with Gasteiger partial charge in [0, 0.05) is 5.92 Å². The molecule has 0 nitrogen and oxygen atoms in total. The second-order valence-electron chi connectivity index (χ2n) is 3.88. The van der Waals surface area contributed by atoms with Crippen molar-refractivity contribution in [2.45, 2.75) is 13.8 Å². The van der Waals surface area contributed by atoms with E-state index in [-0.39, 0.29) is 17.8 Å². The summed E-state index contributed by atoms with van der Waals surface area (Å²) in [5, 5.41) is 0. The smallest absolute Gasteiger partial charge is 0.154 e.